The molecule has 1 saturated heterocycles. The molecule has 2 fully saturated rings. The summed E-state index contributed by atoms with van der Waals surface area (Å²) in [6.07, 6.45) is -3.23. The Morgan fingerprint density at radius 2 is 1.50 bits per heavy atom. The van der Waals surface area contributed by atoms with Crippen molar-refractivity contribution in [1.29, 1.82) is 10.8 Å². The monoisotopic (exact) mass is 740 g/mol. The molecule has 6 N–H and O–H groups in total. The molecular weight excluding hydrogens is 694 g/mol. The summed E-state index contributed by atoms with van der Waals surface area (Å²) in [4.78, 5) is 38.7. The predicted molar refractivity (Wildman–Crippen MR) is 183 cm³/mol. The number of carbonyl (C=O) groups excluding carboxylic acids is 2. The first-order valence-electron chi connectivity index (χ1n) is 17.1. The molecule has 2 amide bonds. The van der Waals surface area contributed by atoms with E-state index in [1.807, 2.05) is 4.90 Å². The Labute approximate surface area is 298 Å². The number of amidine groups is 2. The number of carboxylic acids is 1. The fourth-order valence-corrected chi connectivity index (χ4v) is 6.43. The molecule has 2 atom stereocenters. The Balaban J connectivity index is 0.000000944. The second-order valence-electron chi connectivity index (χ2n) is 13.2. The number of likely N-dealkylation sites (tertiary alicyclic amines) is 1. The summed E-state index contributed by atoms with van der Waals surface area (Å²) in [6, 6.07) is 11.1. The van der Waals surface area contributed by atoms with Gasteiger partial charge in [0, 0.05) is 32.2 Å². The number of rotatable bonds is 10. The highest BCUT2D eigenvalue weighted by molar-refractivity contribution is 5.96. The van der Waals surface area contributed by atoms with Crippen LogP contribution in [0, 0.1) is 22.7 Å². The Morgan fingerprint density at radius 3 is 2.02 bits per heavy atom. The molecular formula is C36H46F6N6O4. The van der Waals surface area contributed by atoms with Crippen molar-refractivity contribution >= 4 is 29.5 Å². The lowest BCUT2D eigenvalue weighted by Crippen LogP contribution is -2.53. The molecule has 1 aliphatic carbocycles. The number of aliphatic carboxylic acids is 1. The van der Waals surface area contributed by atoms with Crippen LogP contribution in [-0.4, -0.2) is 78.4 Å². The molecule has 286 valence electrons. The number of carboxylic acid groups (broad SMARTS) is 1. The first kappa shape index (κ1) is 41.8. The Morgan fingerprint density at radius 1 is 0.904 bits per heavy atom. The van der Waals surface area contributed by atoms with E-state index in [0.717, 1.165) is 75.7 Å². The Kier molecular flexibility index (Phi) is 15.1. The minimum atomic E-state index is -5.08. The SMILES string of the molecule is CNC(=N)c1ccc(CC(C(=O)N[C@H](C(=O)NCC2CCN(C(C)=N)CC2)C2CCCCC2)c2cccc(C(F)(F)F)c2)cc1.O=C(O)C(F)(F)F. The van der Waals surface area contributed by atoms with Crippen molar-refractivity contribution in [3.63, 3.8) is 0 Å². The number of amides is 2. The first-order chi connectivity index (χ1) is 24.4. The number of hydrogen-bond donors (Lipinski definition) is 6. The highest BCUT2D eigenvalue weighted by atomic mass is 19.4. The lowest BCUT2D eigenvalue weighted by atomic mass is 9.82. The molecule has 0 aromatic heterocycles. The van der Waals surface area contributed by atoms with Gasteiger partial charge in [0.05, 0.1) is 17.3 Å². The van der Waals surface area contributed by atoms with Crippen LogP contribution in [0.25, 0.3) is 0 Å². The van der Waals surface area contributed by atoms with E-state index in [2.05, 4.69) is 16.0 Å². The number of piperidine rings is 1. The van der Waals surface area contributed by atoms with E-state index in [1.165, 1.54) is 12.1 Å². The summed E-state index contributed by atoms with van der Waals surface area (Å²) < 4.78 is 72.8. The van der Waals surface area contributed by atoms with Crippen LogP contribution in [0.2, 0.25) is 0 Å². The summed E-state index contributed by atoms with van der Waals surface area (Å²) in [5.41, 5.74) is 0.770. The van der Waals surface area contributed by atoms with Crippen LogP contribution in [0.3, 0.4) is 0 Å². The molecule has 0 bridgehead atoms. The summed E-state index contributed by atoms with van der Waals surface area (Å²) >= 11 is 0. The molecule has 10 nitrogen and oxygen atoms in total. The molecule has 0 radical (unpaired) electrons. The second-order valence-corrected chi connectivity index (χ2v) is 13.2. The van der Waals surface area contributed by atoms with Gasteiger partial charge in [0.1, 0.15) is 11.9 Å². The van der Waals surface area contributed by atoms with E-state index in [-0.39, 0.29) is 35.6 Å². The van der Waals surface area contributed by atoms with Gasteiger partial charge in [0.2, 0.25) is 11.8 Å². The topological polar surface area (TPSA) is 158 Å². The van der Waals surface area contributed by atoms with Gasteiger partial charge in [-0.05, 0) is 68.1 Å². The summed E-state index contributed by atoms with van der Waals surface area (Å²) in [6.45, 7) is 3.80. The maximum atomic E-state index is 14.1. The number of halogens is 6. The van der Waals surface area contributed by atoms with Crippen molar-refractivity contribution in [3.8, 4) is 0 Å². The summed E-state index contributed by atoms with van der Waals surface area (Å²) in [5.74, 6) is -3.47. The molecule has 2 aromatic rings. The highest BCUT2D eigenvalue weighted by Crippen LogP contribution is 2.33. The largest absolute Gasteiger partial charge is 0.490 e. The molecule has 1 heterocycles. The average molecular weight is 741 g/mol. The summed E-state index contributed by atoms with van der Waals surface area (Å²) in [5, 5.41) is 31.8. The van der Waals surface area contributed by atoms with E-state index in [1.54, 1.807) is 38.2 Å². The molecule has 1 unspecified atom stereocenters. The van der Waals surface area contributed by atoms with Crippen LogP contribution < -0.4 is 16.0 Å². The smallest absolute Gasteiger partial charge is 0.475 e. The van der Waals surface area contributed by atoms with Crippen molar-refractivity contribution in [2.45, 2.75) is 82.6 Å². The zero-order valence-electron chi connectivity index (χ0n) is 29.1. The third-order valence-electron chi connectivity index (χ3n) is 9.46. The maximum Gasteiger partial charge on any atom is 0.490 e. The van der Waals surface area contributed by atoms with E-state index < -0.39 is 41.8 Å². The molecule has 16 heteroatoms. The quantitative estimate of drug-likeness (QED) is 0.0982. The van der Waals surface area contributed by atoms with Crippen molar-refractivity contribution in [1.82, 2.24) is 20.9 Å². The average Bonchev–Trinajstić information content (AvgIpc) is 3.11. The van der Waals surface area contributed by atoms with Gasteiger partial charge in [-0.3, -0.25) is 20.4 Å². The van der Waals surface area contributed by atoms with Crippen LogP contribution >= 0.6 is 0 Å². The predicted octanol–water partition coefficient (Wildman–Crippen LogP) is 6.10. The lowest BCUT2D eigenvalue weighted by molar-refractivity contribution is -0.192. The van der Waals surface area contributed by atoms with Gasteiger partial charge in [0.25, 0.3) is 0 Å². The maximum absolute atomic E-state index is 14.1. The molecule has 0 spiro atoms. The first-order valence-corrected chi connectivity index (χ1v) is 17.1. The van der Waals surface area contributed by atoms with Gasteiger partial charge in [0.15, 0.2) is 0 Å². The Bertz CT molecular complexity index is 1530. The van der Waals surface area contributed by atoms with Crippen molar-refractivity contribution in [2.75, 3.05) is 26.7 Å². The van der Waals surface area contributed by atoms with Crippen LogP contribution in [0.5, 0.6) is 0 Å². The highest BCUT2D eigenvalue weighted by Gasteiger charge is 2.38. The van der Waals surface area contributed by atoms with Crippen molar-refractivity contribution in [3.05, 3.63) is 70.8 Å². The normalized spacial score (nSPS) is 16.8. The molecule has 2 aliphatic rings. The molecule has 52 heavy (non-hydrogen) atoms. The van der Waals surface area contributed by atoms with Gasteiger partial charge in [-0.1, -0.05) is 61.7 Å². The third kappa shape index (κ3) is 12.5. The van der Waals surface area contributed by atoms with Gasteiger partial charge in [-0.15, -0.1) is 0 Å². The zero-order valence-corrected chi connectivity index (χ0v) is 29.1. The number of benzene rings is 2. The molecule has 2 aromatic carbocycles. The lowest BCUT2D eigenvalue weighted by Gasteiger charge is -2.34. The fourth-order valence-electron chi connectivity index (χ4n) is 6.43. The van der Waals surface area contributed by atoms with E-state index in [9.17, 15) is 35.9 Å². The zero-order chi connectivity index (χ0) is 38.6. The van der Waals surface area contributed by atoms with Gasteiger partial charge in [-0.25, -0.2) is 4.79 Å². The second kappa shape index (κ2) is 18.7. The van der Waals surface area contributed by atoms with Crippen molar-refractivity contribution < 1.29 is 45.8 Å². The van der Waals surface area contributed by atoms with Gasteiger partial charge >= 0.3 is 18.3 Å². The van der Waals surface area contributed by atoms with Gasteiger partial charge in [-0.2, -0.15) is 26.3 Å². The van der Waals surface area contributed by atoms with E-state index in [0.29, 0.717) is 17.9 Å². The minimum absolute atomic E-state index is 0.0564. The molecule has 1 aliphatic heterocycles. The van der Waals surface area contributed by atoms with Crippen molar-refractivity contribution in [2.24, 2.45) is 11.8 Å². The standard InChI is InChI=1S/C34H45F3N6O2.C2HF3O2/c1-22(38)43-17-15-24(16-18-43)21-41-33(45)30(25-7-4-3-5-8-25)42-32(44)29(27-9-6-10-28(20-27)34(35,36)37)19-23-11-13-26(14-12-23)31(39)40-2;3-2(4,5)1(6)7/h6,9-14,20,24-25,29-30,38H,3-5,7-8,15-19,21H2,1-2H3,(H2,39,40)(H,41,45)(H,42,44);(H,6,7)/t29?,30-;/m0./s1. The fraction of sp³-hybridized carbons (Fsp3) is 0.528. The van der Waals surface area contributed by atoms with Crippen LogP contribution in [-0.2, 0) is 27.0 Å². The molecule has 1 saturated carbocycles. The number of hydrogen-bond acceptors (Lipinski definition) is 5. The number of alkyl halides is 6. The van der Waals surface area contributed by atoms with Crippen LogP contribution in [0.15, 0.2) is 48.5 Å². The van der Waals surface area contributed by atoms with E-state index >= 15 is 0 Å². The third-order valence-corrected chi connectivity index (χ3v) is 9.46. The minimum Gasteiger partial charge on any atom is -0.475 e. The summed E-state index contributed by atoms with van der Waals surface area (Å²) in [7, 11) is 1.64. The van der Waals surface area contributed by atoms with Crippen LogP contribution in [0.4, 0.5) is 26.3 Å². The number of nitrogens with zero attached hydrogens (tertiary/aromatic N) is 1. The van der Waals surface area contributed by atoms with Gasteiger partial charge < -0.3 is 26.0 Å². The number of carbonyl (C=O) groups is 3. The molecule has 4 rings (SSSR count). The van der Waals surface area contributed by atoms with Crippen LogP contribution in [0.1, 0.15) is 80.0 Å². The number of nitrogens with one attached hydrogen (secondary N) is 5. The Hall–Kier alpha value is -4.63. The van der Waals surface area contributed by atoms with E-state index in [4.69, 9.17) is 20.7 Å².